The van der Waals surface area contributed by atoms with Crippen molar-refractivity contribution in [2.45, 2.75) is 13.0 Å². The summed E-state index contributed by atoms with van der Waals surface area (Å²) in [7, 11) is 1.56. The van der Waals surface area contributed by atoms with E-state index in [0.29, 0.717) is 41.7 Å². The number of aromatic nitrogens is 4. The largest absolute Gasteiger partial charge is 0.497 e. The van der Waals surface area contributed by atoms with Crippen LogP contribution in [0.3, 0.4) is 0 Å². The number of rotatable bonds is 5. The molecule has 0 aliphatic carbocycles. The molecule has 0 saturated carbocycles. The van der Waals surface area contributed by atoms with E-state index in [1.807, 2.05) is 4.90 Å². The van der Waals surface area contributed by atoms with E-state index in [0.717, 1.165) is 6.42 Å². The summed E-state index contributed by atoms with van der Waals surface area (Å²) in [5, 5.41) is 0. The van der Waals surface area contributed by atoms with Crippen LogP contribution in [0.2, 0.25) is 0 Å². The first-order valence-corrected chi connectivity index (χ1v) is 8.96. The van der Waals surface area contributed by atoms with E-state index in [-0.39, 0.29) is 17.9 Å². The monoisotopic (exact) mass is 377 g/mol. The lowest BCUT2D eigenvalue weighted by atomic mass is 10.1. The maximum absolute atomic E-state index is 12.8. The molecule has 0 spiro atoms. The van der Waals surface area contributed by atoms with Gasteiger partial charge in [0.05, 0.1) is 25.0 Å². The zero-order chi connectivity index (χ0) is 19.5. The van der Waals surface area contributed by atoms with Crippen molar-refractivity contribution in [3.63, 3.8) is 0 Å². The lowest BCUT2D eigenvalue weighted by Gasteiger charge is -2.30. The second-order valence-corrected chi connectivity index (χ2v) is 6.46. The van der Waals surface area contributed by atoms with Crippen molar-refractivity contribution in [2.24, 2.45) is 0 Å². The van der Waals surface area contributed by atoms with Crippen LogP contribution in [-0.2, 0) is 6.54 Å². The second-order valence-electron chi connectivity index (χ2n) is 6.46. The Labute approximate surface area is 161 Å². The van der Waals surface area contributed by atoms with Crippen molar-refractivity contribution in [1.82, 2.24) is 19.5 Å². The summed E-state index contributed by atoms with van der Waals surface area (Å²) < 4.78 is 6.80. The van der Waals surface area contributed by atoms with Gasteiger partial charge in [0, 0.05) is 30.9 Å². The second kappa shape index (κ2) is 7.59. The van der Waals surface area contributed by atoms with Crippen molar-refractivity contribution in [2.75, 3.05) is 25.1 Å². The van der Waals surface area contributed by atoms with Crippen molar-refractivity contribution in [3.05, 3.63) is 64.8 Å². The van der Waals surface area contributed by atoms with Gasteiger partial charge in [-0.2, -0.15) is 0 Å². The molecule has 3 heterocycles. The lowest BCUT2D eigenvalue weighted by Crippen LogP contribution is -2.41. The fourth-order valence-corrected chi connectivity index (χ4v) is 3.25. The molecule has 0 saturated heterocycles. The third-order valence-electron chi connectivity index (χ3n) is 4.65. The van der Waals surface area contributed by atoms with Gasteiger partial charge in [-0.25, -0.2) is 15.0 Å². The number of hydrogen-bond donors (Lipinski definition) is 0. The highest BCUT2D eigenvalue weighted by molar-refractivity contribution is 5.99. The normalized spacial score (nSPS) is 13.1. The number of hydrogen-bond acceptors (Lipinski definition) is 7. The molecule has 0 atom stereocenters. The predicted octanol–water partition coefficient (Wildman–Crippen LogP) is 1.80. The maximum atomic E-state index is 12.8. The summed E-state index contributed by atoms with van der Waals surface area (Å²) in [6, 6.07) is 10.2. The van der Waals surface area contributed by atoms with Gasteiger partial charge in [0.2, 0.25) is 5.95 Å². The number of fused-ring (bicyclic) bond motifs is 1. The Hall–Kier alpha value is -3.55. The van der Waals surface area contributed by atoms with Gasteiger partial charge in [-0.3, -0.25) is 14.2 Å². The summed E-state index contributed by atoms with van der Waals surface area (Å²) in [5.74, 6) is 1.06. The van der Waals surface area contributed by atoms with Crippen LogP contribution >= 0.6 is 0 Å². The van der Waals surface area contributed by atoms with Crippen molar-refractivity contribution in [1.29, 1.82) is 0 Å². The van der Waals surface area contributed by atoms with Crippen LogP contribution in [0.4, 0.5) is 5.95 Å². The van der Waals surface area contributed by atoms with E-state index in [1.165, 1.54) is 12.4 Å². The Morgan fingerprint density at radius 1 is 1.18 bits per heavy atom. The van der Waals surface area contributed by atoms with Crippen LogP contribution in [0.25, 0.3) is 11.4 Å². The number of Topliss-reactive ketones (excluding diaryl/α,β-unsaturated/α-hetero) is 1. The summed E-state index contributed by atoms with van der Waals surface area (Å²) >= 11 is 0. The van der Waals surface area contributed by atoms with Gasteiger partial charge < -0.3 is 9.64 Å². The fourth-order valence-electron chi connectivity index (χ4n) is 3.25. The summed E-state index contributed by atoms with van der Waals surface area (Å²) in [6.07, 6.45) is 3.79. The van der Waals surface area contributed by atoms with Crippen molar-refractivity contribution >= 4 is 11.7 Å². The molecule has 4 rings (SSSR count). The summed E-state index contributed by atoms with van der Waals surface area (Å²) in [6.45, 7) is 1.36. The summed E-state index contributed by atoms with van der Waals surface area (Å²) in [4.78, 5) is 39.9. The molecule has 1 aliphatic heterocycles. The molecule has 3 aromatic rings. The molecule has 0 unspecified atom stereocenters. The average molecular weight is 377 g/mol. The molecular weight excluding hydrogens is 358 g/mol. The van der Waals surface area contributed by atoms with Gasteiger partial charge in [0.15, 0.2) is 5.78 Å². The third kappa shape index (κ3) is 3.48. The topological polar surface area (TPSA) is 90.2 Å². The van der Waals surface area contributed by atoms with Crippen LogP contribution in [0.15, 0.2) is 53.7 Å². The van der Waals surface area contributed by atoms with Crippen LogP contribution in [0.5, 0.6) is 5.75 Å². The van der Waals surface area contributed by atoms with Gasteiger partial charge in [0.1, 0.15) is 12.1 Å². The molecule has 0 bridgehead atoms. The predicted molar refractivity (Wildman–Crippen MR) is 104 cm³/mol. The standard InChI is InChI=1S/C20H19N5O3/c1-28-15-5-2-4-14(10-15)18(26)12-24-8-3-9-25-19(27)11-17(23-20(24)25)16-6-7-21-13-22-16/h2,4-7,10-11,13H,3,8-9,12H2,1H3. The first-order chi connectivity index (χ1) is 13.7. The molecule has 142 valence electrons. The Kier molecular flexibility index (Phi) is 4.84. The zero-order valence-corrected chi connectivity index (χ0v) is 15.4. The van der Waals surface area contributed by atoms with Crippen LogP contribution < -0.4 is 15.2 Å². The number of ketones is 1. The maximum Gasteiger partial charge on any atom is 0.255 e. The Balaban J connectivity index is 1.67. The summed E-state index contributed by atoms with van der Waals surface area (Å²) in [5.41, 5.74) is 1.45. The number of methoxy groups -OCH3 is 1. The number of benzene rings is 1. The van der Waals surface area contributed by atoms with Crippen LogP contribution in [0, 0.1) is 0 Å². The van der Waals surface area contributed by atoms with E-state index in [1.54, 1.807) is 48.2 Å². The van der Waals surface area contributed by atoms with Gasteiger partial charge in [0.25, 0.3) is 5.56 Å². The highest BCUT2D eigenvalue weighted by Gasteiger charge is 2.23. The number of nitrogens with zero attached hydrogens (tertiary/aromatic N) is 5. The Bertz CT molecular complexity index is 1060. The molecule has 8 heteroatoms. The number of carbonyl (C=O) groups excluding carboxylic acids is 1. The van der Waals surface area contributed by atoms with Gasteiger partial charge in [-0.1, -0.05) is 12.1 Å². The minimum absolute atomic E-state index is 0.0611. The van der Waals surface area contributed by atoms with Gasteiger partial charge in [-0.05, 0) is 24.6 Å². The molecule has 1 aromatic carbocycles. The molecular formula is C20H19N5O3. The minimum Gasteiger partial charge on any atom is -0.497 e. The lowest BCUT2D eigenvalue weighted by molar-refractivity contribution is 0.0997. The first-order valence-electron chi connectivity index (χ1n) is 8.96. The molecule has 0 radical (unpaired) electrons. The van der Waals surface area contributed by atoms with Gasteiger partial charge in [-0.15, -0.1) is 0 Å². The first kappa shape index (κ1) is 17.8. The number of carbonyl (C=O) groups is 1. The average Bonchev–Trinajstić information content (AvgIpc) is 2.75. The SMILES string of the molecule is COc1cccc(C(=O)CN2CCCn3c2nc(-c2ccncn2)cc3=O)c1. The molecule has 0 N–H and O–H groups in total. The zero-order valence-electron chi connectivity index (χ0n) is 15.4. The highest BCUT2D eigenvalue weighted by atomic mass is 16.5. The molecule has 1 aliphatic rings. The molecule has 2 aromatic heterocycles. The number of anilines is 1. The smallest absolute Gasteiger partial charge is 0.255 e. The quantitative estimate of drug-likeness (QED) is 0.626. The van der Waals surface area contributed by atoms with Crippen molar-refractivity contribution < 1.29 is 9.53 Å². The highest BCUT2D eigenvalue weighted by Crippen LogP contribution is 2.21. The van der Waals surface area contributed by atoms with E-state index >= 15 is 0 Å². The van der Waals surface area contributed by atoms with Crippen LogP contribution in [0.1, 0.15) is 16.8 Å². The van der Waals surface area contributed by atoms with Crippen LogP contribution in [-0.4, -0.2) is 45.5 Å². The Morgan fingerprint density at radius 3 is 2.86 bits per heavy atom. The van der Waals surface area contributed by atoms with Gasteiger partial charge >= 0.3 is 0 Å². The third-order valence-corrected chi connectivity index (χ3v) is 4.65. The van der Waals surface area contributed by atoms with Crippen molar-refractivity contribution in [3.8, 4) is 17.1 Å². The minimum atomic E-state index is -0.155. The number of ether oxygens (including phenoxy) is 1. The molecule has 28 heavy (non-hydrogen) atoms. The fraction of sp³-hybridized carbons (Fsp3) is 0.250. The van der Waals surface area contributed by atoms with E-state index in [4.69, 9.17) is 4.74 Å². The van der Waals surface area contributed by atoms with E-state index < -0.39 is 0 Å². The van der Waals surface area contributed by atoms with E-state index in [2.05, 4.69) is 15.0 Å². The van der Waals surface area contributed by atoms with E-state index in [9.17, 15) is 9.59 Å². The molecule has 0 fully saturated rings. The molecule has 0 amide bonds. The molecule has 8 nitrogen and oxygen atoms in total. The Morgan fingerprint density at radius 2 is 2.07 bits per heavy atom.